The van der Waals surface area contributed by atoms with Crippen LogP contribution in [-0.4, -0.2) is 40.9 Å². The second-order valence-electron chi connectivity index (χ2n) is 6.47. The molecule has 7 nitrogen and oxygen atoms in total. The van der Waals surface area contributed by atoms with Gasteiger partial charge in [-0.2, -0.15) is 0 Å². The number of hydrogen-bond acceptors (Lipinski definition) is 4. The van der Waals surface area contributed by atoms with Crippen molar-refractivity contribution in [3.8, 4) is 5.75 Å². The summed E-state index contributed by atoms with van der Waals surface area (Å²) in [6.45, 7) is 5.15. The van der Waals surface area contributed by atoms with Gasteiger partial charge in [0.05, 0.1) is 7.11 Å². The van der Waals surface area contributed by atoms with Gasteiger partial charge in [-0.25, -0.2) is 9.59 Å². The number of aromatic nitrogens is 1. The molecule has 0 aliphatic rings. The first-order valence-corrected chi connectivity index (χ1v) is 7.56. The molecule has 1 unspecified atom stereocenters. The molecular formula is C17H22N2O5. The Morgan fingerprint density at radius 2 is 2.04 bits per heavy atom. The SMILES string of the molecule is COc1ccc2[nH]cc(CC(NC(=O)OC(C)(C)C)C(=O)O)c2c1. The van der Waals surface area contributed by atoms with Crippen molar-refractivity contribution in [2.24, 2.45) is 0 Å². The number of H-pyrrole nitrogens is 1. The second-order valence-corrected chi connectivity index (χ2v) is 6.47. The van der Waals surface area contributed by atoms with Crippen molar-refractivity contribution in [2.45, 2.75) is 38.8 Å². The minimum atomic E-state index is -1.13. The van der Waals surface area contributed by atoms with Crippen LogP contribution in [0.2, 0.25) is 0 Å². The lowest BCUT2D eigenvalue weighted by Gasteiger charge is -2.22. The molecule has 0 aliphatic heterocycles. The maximum atomic E-state index is 11.8. The summed E-state index contributed by atoms with van der Waals surface area (Å²) >= 11 is 0. The molecule has 24 heavy (non-hydrogen) atoms. The Morgan fingerprint density at radius 3 is 2.62 bits per heavy atom. The van der Waals surface area contributed by atoms with Crippen LogP contribution in [0.3, 0.4) is 0 Å². The third-order valence-electron chi connectivity index (χ3n) is 3.39. The Hall–Kier alpha value is -2.70. The number of carboxylic acid groups (broad SMARTS) is 1. The number of amides is 1. The number of hydrogen-bond donors (Lipinski definition) is 3. The summed E-state index contributed by atoms with van der Waals surface area (Å²) in [7, 11) is 1.57. The zero-order valence-corrected chi connectivity index (χ0v) is 14.2. The van der Waals surface area contributed by atoms with Gasteiger partial charge in [-0.1, -0.05) is 0 Å². The Labute approximate surface area is 140 Å². The molecule has 0 saturated heterocycles. The first-order chi connectivity index (χ1) is 11.2. The number of carbonyl (C=O) groups is 2. The lowest BCUT2D eigenvalue weighted by atomic mass is 10.0. The van der Waals surface area contributed by atoms with Crippen LogP contribution in [0.5, 0.6) is 5.75 Å². The van der Waals surface area contributed by atoms with E-state index in [4.69, 9.17) is 9.47 Å². The molecule has 0 radical (unpaired) electrons. The first kappa shape index (κ1) is 17.7. The molecule has 130 valence electrons. The van der Waals surface area contributed by atoms with Crippen LogP contribution in [-0.2, 0) is 16.0 Å². The fraction of sp³-hybridized carbons (Fsp3) is 0.412. The molecule has 1 aromatic heterocycles. The quantitative estimate of drug-likeness (QED) is 0.780. The van der Waals surface area contributed by atoms with Gasteiger partial charge < -0.3 is 24.9 Å². The number of carbonyl (C=O) groups excluding carboxylic acids is 1. The van der Waals surface area contributed by atoms with E-state index in [9.17, 15) is 14.7 Å². The Kier molecular flexibility index (Phi) is 5.02. The molecule has 1 aromatic carbocycles. The number of rotatable bonds is 5. The maximum Gasteiger partial charge on any atom is 0.408 e. The molecule has 0 fully saturated rings. The van der Waals surface area contributed by atoms with Crippen LogP contribution < -0.4 is 10.1 Å². The molecule has 1 heterocycles. The van der Waals surface area contributed by atoms with E-state index in [0.29, 0.717) is 5.75 Å². The van der Waals surface area contributed by atoms with Gasteiger partial charge in [-0.3, -0.25) is 0 Å². The molecular weight excluding hydrogens is 312 g/mol. The van der Waals surface area contributed by atoms with Crippen molar-refractivity contribution in [1.82, 2.24) is 10.3 Å². The zero-order chi connectivity index (χ0) is 17.9. The highest BCUT2D eigenvalue weighted by Crippen LogP contribution is 2.24. The van der Waals surface area contributed by atoms with E-state index in [1.165, 1.54) is 0 Å². The summed E-state index contributed by atoms with van der Waals surface area (Å²) in [6, 6.07) is 4.41. The molecule has 7 heteroatoms. The van der Waals surface area contributed by atoms with Crippen LogP contribution in [0.25, 0.3) is 10.9 Å². The second kappa shape index (κ2) is 6.82. The van der Waals surface area contributed by atoms with E-state index in [0.717, 1.165) is 16.5 Å². The fourth-order valence-corrected chi connectivity index (χ4v) is 2.32. The minimum Gasteiger partial charge on any atom is -0.497 e. The molecule has 0 spiro atoms. The van der Waals surface area contributed by atoms with Crippen LogP contribution in [0.1, 0.15) is 26.3 Å². The number of aromatic amines is 1. The predicted octanol–water partition coefficient (Wildman–Crippen LogP) is 2.70. The third-order valence-corrected chi connectivity index (χ3v) is 3.39. The van der Waals surface area contributed by atoms with Crippen molar-refractivity contribution in [2.75, 3.05) is 7.11 Å². The fourth-order valence-electron chi connectivity index (χ4n) is 2.32. The standard InChI is InChI=1S/C17H22N2O5/c1-17(2,3)24-16(22)19-14(15(20)21)7-10-9-18-13-6-5-11(23-4)8-12(10)13/h5-6,8-9,14,18H,7H2,1-4H3,(H,19,22)(H,20,21). The smallest absolute Gasteiger partial charge is 0.408 e. The van der Waals surface area contributed by atoms with Crippen LogP contribution in [0.4, 0.5) is 4.79 Å². The molecule has 3 N–H and O–H groups in total. The Balaban J connectivity index is 2.19. The summed E-state index contributed by atoms with van der Waals surface area (Å²) < 4.78 is 10.3. The van der Waals surface area contributed by atoms with E-state index in [1.807, 2.05) is 18.2 Å². The van der Waals surface area contributed by atoms with Crippen LogP contribution in [0.15, 0.2) is 24.4 Å². The van der Waals surface area contributed by atoms with Gasteiger partial charge in [0.15, 0.2) is 0 Å². The molecule has 2 aromatic rings. The van der Waals surface area contributed by atoms with Gasteiger partial charge in [0, 0.05) is 23.5 Å². The highest BCUT2D eigenvalue weighted by molar-refractivity contribution is 5.86. The van der Waals surface area contributed by atoms with Crippen molar-refractivity contribution in [3.05, 3.63) is 30.0 Å². The molecule has 0 bridgehead atoms. The highest BCUT2D eigenvalue weighted by Gasteiger charge is 2.25. The van der Waals surface area contributed by atoms with Gasteiger partial charge in [0.1, 0.15) is 17.4 Å². The number of carboxylic acids is 1. The van der Waals surface area contributed by atoms with Crippen LogP contribution >= 0.6 is 0 Å². The topological polar surface area (TPSA) is 101 Å². The largest absolute Gasteiger partial charge is 0.497 e. The van der Waals surface area contributed by atoms with Gasteiger partial charge in [-0.05, 0) is 44.5 Å². The van der Waals surface area contributed by atoms with E-state index < -0.39 is 23.7 Å². The Bertz CT molecular complexity index is 745. The number of fused-ring (bicyclic) bond motifs is 1. The van der Waals surface area contributed by atoms with E-state index >= 15 is 0 Å². The summed E-state index contributed by atoms with van der Waals surface area (Å²) in [6.07, 6.45) is 1.10. The molecule has 1 amide bonds. The summed E-state index contributed by atoms with van der Waals surface area (Å²) in [4.78, 5) is 26.4. The number of alkyl carbamates (subject to hydrolysis) is 1. The third kappa shape index (κ3) is 4.41. The summed E-state index contributed by atoms with van der Waals surface area (Å²) in [5, 5.41) is 12.6. The highest BCUT2D eigenvalue weighted by atomic mass is 16.6. The van der Waals surface area contributed by atoms with Gasteiger partial charge in [-0.15, -0.1) is 0 Å². The number of benzene rings is 1. The number of aliphatic carboxylic acids is 1. The molecule has 1 atom stereocenters. The van der Waals surface area contributed by atoms with Gasteiger partial charge >= 0.3 is 12.1 Å². The number of nitrogens with one attached hydrogen (secondary N) is 2. The first-order valence-electron chi connectivity index (χ1n) is 7.56. The normalized spacial score (nSPS) is 12.7. The maximum absolute atomic E-state index is 11.8. The lowest BCUT2D eigenvalue weighted by Crippen LogP contribution is -2.44. The lowest BCUT2D eigenvalue weighted by molar-refractivity contribution is -0.139. The van der Waals surface area contributed by atoms with Crippen molar-refractivity contribution in [3.63, 3.8) is 0 Å². The van der Waals surface area contributed by atoms with Crippen molar-refractivity contribution < 1.29 is 24.2 Å². The monoisotopic (exact) mass is 334 g/mol. The predicted molar refractivity (Wildman–Crippen MR) is 89.3 cm³/mol. The van der Waals surface area contributed by atoms with Crippen molar-refractivity contribution >= 4 is 23.0 Å². The molecule has 0 aliphatic carbocycles. The van der Waals surface area contributed by atoms with Gasteiger partial charge in [0.25, 0.3) is 0 Å². The summed E-state index contributed by atoms with van der Waals surface area (Å²) in [5.74, 6) is -0.451. The molecule has 0 saturated carbocycles. The van der Waals surface area contributed by atoms with E-state index in [2.05, 4.69) is 10.3 Å². The number of ether oxygens (including phenoxy) is 2. The van der Waals surface area contributed by atoms with E-state index in [1.54, 1.807) is 34.1 Å². The van der Waals surface area contributed by atoms with Gasteiger partial charge in [0.2, 0.25) is 0 Å². The minimum absolute atomic E-state index is 0.127. The van der Waals surface area contributed by atoms with Crippen molar-refractivity contribution in [1.29, 1.82) is 0 Å². The zero-order valence-electron chi connectivity index (χ0n) is 14.2. The Morgan fingerprint density at radius 1 is 1.33 bits per heavy atom. The van der Waals surface area contributed by atoms with E-state index in [-0.39, 0.29) is 6.42 Å². The average Bonchev–Trinajstić information content (AvgIpc) is 2.86. The van der Waals surface area contributed by atoms with Crippen LogP contribution in [0, 0.1) is 0 Å². The summed E-state index contributed by atoms with van der Waals surface area (Å²) in [5.41, 5.74) is 0.945. The molecule has 2 rings (SSSR count). The number of methoxy groups -OCH3 is 1. The average molecular weight is 334 g/mol.